The monoisotopic (exact) mass is 412 g/mol. The zero-order chi connectivity index (χ0) is 19.5. The van der Waals surface area contributed by atoms with Gasteiger partial charge in [-0.15, -0.1) is 21.5 Å². The summed E-state index contributed by atoms with van der Waals surface area (Å²) in [6.45, 7) is 2.52. The summed E-state index contributed by atoms with van der Waals surface area (Å²) in [5.41, 5.74) is 1.61. The number of hydrogen-bond donors (Lipinski definition) is 1. The standard InChI is InChI=1S/C20H20N4O2S2/c1-13-22-23-19(28-13)14-6-4-7-15(12-14)21-18(25)16-8-2-3-10-24(16)20(26)17-9-5-11-27-17/h4-7,9,11-12,16H,2-3,8,10H2,1H3,(H,21,25). The second-order valence-electron chi connectivity index (χ2n) is 6.68. The topological polar surface area (TPSA) is 75.2 Å². The number of piperidine rings is 1. The number of benzene rings is 1. The largest absolute Gasteiger partial charge is 0.326 e. The summed E-state index contributed by atoms with van der Waals surface area (Å²) in [7, 11) is 0. The fourth-order valence-electron chi connectivity index (χ4n) is 3.36. The van der Waals surface area contributed by atoms with Crippen molar-refractivity contribution < 1.29 is 9.59 Å². The molecule has 0 spiro atoms. The van der Waals surface area contributed by atoms with Crippen LogP contribution in [-0.2, 0) is 4.79 Å². The number of carbonyl (C=O) groups is 2. The summed E-state index contributed by atoms with van der Waals surface area (Å²) < 4.78 is 0. The summed E-state index contributed by atoms with van der Waals surface area (Å²) in [5, 5.41) is 14.8. The second kappa shape index (κ2) is 8.20. The highest BCUT2D eigenvalue weighted by Crippen LogP contribution is 2.27. The Hall–Kier alpha value is -2.58. The molecular weight excluding hydrogens is 392 g/mol. The molecule has 1 fully saturated rings. The first-order valence-electron chi connectivity index (χ1n) is 9.18. The number of hydrogen-bond acceptors (Lipinski definition) is 6. The number of carbonyl (C=O) groups excluding carboxylic acids is 2. The number of thiophene rings is 1. The van der Waals surface area contributed by atoms with Gasteiger partial charge in [-0.1, -0.05) is 29.5 Å². The van der Waals surface area contributed by atoms with Crippen molar-refractivity contribution in [3.63, 3.8) is 0 Å². The van der Waals surface area contributed by atoms with Crippen molar-refractivity contribution >= 4 is 40.2 Å². The van der Waals surface area contributed by atoms with E-state index in [2.05, 4.69) is 15.5 Å². The fourth-order valence-corrected chi connectivity index (χ4v) is 4.72. The third-order valence-corrected chi connectivity index (χ3v) is 6.45. The molecule has 1 atom stereocenters. The molecule has 2 amide bonds. The van der Waals surface area contributed by atoms with Crippen LogP contribution in [-0.4, -0.2) is 39.5 Å². The van der Waals surface area contributed by atoms with E-state index in [1.54, 1.807) is 4.90 Å². The van der Waals surface area contributed by atoms with Crippen molar-refractivity contribution in [3.8, 4) is 10.6 Å². The van der Waals surface area contributed by atoms with Crippen molar-refractivity contribution in [1.29, 1.82) is 0 Å². The lowest BCUT2D eigenvalue weighted by Crippen LogP contribution is -2.49. The molecule has 2 aromatic heterocycles. The van der Waals surface area contributed by atoms with Crippen molar-refractivity contribution in [3.05, 3.63) is 51.7 Å². The number of anilines is 1. The number of aromatic nitrogens is 2. The van der Waals surface area contributed by atoms with Gasteiger partial charge in [-0.3, -0.25) is 9.59 Å². The summed E-state index contributed by atoms with van der Waals surface area (Å²) in [6, 6.07) is 10.8. The third-order valence-electron chi connectivity index (χ3n) is 4.70. The molecule has 28 heavy (non-hydrogen) atoms. The highest BCUT2D eigenvalue weighted by Gasteiger charge is 2.33. The van der Waals surface area contributed by atoms with Crippen LogP contribution in [0.4, 0.5) is 5.69 Å². The second-order valence-corrected chi connectivity index (χ2v) is 8.81. The molecule has 6 nitrogen and oxygen atoms in total. The van der Waals surface area contributed by atoms with E-state index in [0.717, 1.165) is 28.4 Å². The molecule has 144 valence electrons. The summed E-state index contributed by atoms with van der Waals surface area (Å²) >= 11 is 2.92. The van der Waals surface area contributed by atoms with Crippen LogP contribution in [0.25, 0.3) is 10.6 Å². The van der Waals surface area contributed by atoms with Gasteiger partial charge in [0.25, 0.3) is 5.91 Å². The van der Waals surface area contributed by atoms with Gasteiger partial charge in [-0.05, 0) is 49.8 Å². The summed E-state index contributed by atoms with van der Waals surface area (Å²) in [4.78, 5) is 28.2. The van der Waals surface area contributed by atoms with Crippen molar-refractivity contribution in [2.24, 2.45) is 0 Å². The Bertz CT molecular complexity index is 984. The first-order chi connectivity index (χ1) is 13.6. The van der Waals surface area contributed by atoms with Crippen LogP contribution < -0.4 is 5.32 Å². The highest BCUT2D eigenvalue weighted by molar-refractivity contribution is 7.14. The number of rotatable bonds is 4. The SMILES string of the molecule is Cc1nnc(-c2cccc(NC(=O)C3CCCCN3C(=O)c3cccs3)c2)s1. The molecular formula is C20H20N4O2S2. The van der Waals surface area contributed by atoms with E-state index in [1.807, 2.05) is 48.7 Å². The van der Waals surface area contributed by atoms with Gasteiger partial charge in [-0.25, -0.2) is 0 Å². The number of aryl methyl sites for hydroxylation is 1. The molecule has 3 aromatic rings. The molecule has 1 N–H and O–H groups in total. The van der Waals surface area contributed by atoms with Crippen LogP contribution in [0.15, 0.2) is 41.8 Å². The maximum atomic E-state index is 13.0. The molecule has 1 unspecified atom stereocenters. The van der Waals surface area contributed by atoms with E-state index in [0.29, 0.717) is 23.5 Å². The van der Waals surface area contributed by atoms with Gasteiger partial charge in [0.1, 0.15) is 16.1 Å². The minimum Gasteiger partial charge on any atom is -0.326 e. The molecule has 0 aliphatic carbocycles. The number of likely N-dealkylation sites (tertiary alicyclic amines) is 1. The van der Waals surface area contributed by atoms with E-state index in [4.69, 9.17) is 0 Å². The third kappa shape index (κ3) is 3.98. The lowest BCUT2D eigenvalue weighted by molar-refractivity contribution is -0.121. The summed E-state index contributed by atoms with van der Waals surface area (Å²) in [6.07, 6.45) is 2.54. The Kier molecular flexibility index (Phi) is 5.50. The van der Waals surface area contributed by atoms with Gasteiger partial charge < -0.3 is 10.2 Å². The number of amides is 2. The molecule has 0 bridgehead atoms. The molecule has 3 heterocycles. The van der Waals surface area contributed by atoms with E-state index in [1.165, 1.54) is 22.7 Å². The molecule has 1 aromatic carbocycles. The first kappa shape index (κ1) is 18.8. The van der Waals surface area contributed by atoms with Gasteiger partial charge in [0.05, 0.1) is 4.88 Å². The Morgan fingerprint density at radius 2 is 2.07 bits per heavy atom. The minimum absolute atomic E-state index is 0.0621. The van der Waals surface area contributed by atoms with Gasteiger partial charge in [0.15, 0.2) is 0 Å². The predicted octanol–water partition coefficient (Wildman–Crippen LogP) is 4.21. The Balaban J connectivity index is 1.51. The van der Waals surface area contributed by atoms with Crippen LogP contribution in [0.1, 0.15) is 33.9 Å². The van der Waals surface area contributed by atoms with Gasteiger partial charge >= 0.3 is 0 Å². The van der Waals surface area contributed by atoms with E-state index in [-0.39, 0.29) is 11.8 Å². The van der Waals surface area contributed by atoms with Gasteiger partial charge in [0, 0.05) is 17.8 Å². The van der Waals surface area contributed by atoms with E-state index >= 15 is 0 Å². The van der Waals surface area contributed by atoms with Crippen molar-refractivity contribution in [2.75, 3.05) is 11.9 Å². The van der Waals surface area contributed by atoms with Crippen LogP contribution in [0.5, 0.6) is 0 Å². The first-order valence-corrected chi connectivity index (χ1v) is 10.9. The maximum absolute atomic E-state index is 13.0. The van der Waals surface area contributed by atoms with E-state index in [9.17, 15) is 9.59 Å². The number of nitrogens with one attached hydrogen (secondary N) is 1. The quantitative estimate of drug-likeness (QED) is 0.697. The van der Waals surface area contributed by atoms with Crippen molar-refractivity contribution in [2.45, 2.75) is 32.2 Å². The van der Waals surface area contributed by atoms with Crippen LogP contribution in [0, 0.1) is 6.92 Å². The zero-order valence-corrected chi connectivity index (χ0v) is 17.1. The lowest BCUT2D eigenvalue weighted by atomic mass is 10.0. The summed E-state index contributed by atoms with van der Waals surface area (Å²) in [5.74, 6) is -0.205. The lowest BCUT2D eigenvalue weighted by Gasteiger charge is -2.34. The molecule has 4 rings (SSSR count). The average molecular weight is 413 g/mol. The molecule has 1 aliphatic heterocycles. The average Bonchev–Trinajstić information content (AvgIpc) is 3.39. The molecule has 0 radical (unpaired) electrons. The minimum atomic E-state index is -0.448. The van der Waals surface area contributed by atoms with Crippen LogP contribution in [0.2, 0.25) is 0 Å². The number of nitrogens with zero attached hydrogens (tertiary/aromatic N) is 3. The van der Waals surface area contributed by atoms with E-state index < -0.39 is 6.04 Å². The zero-order valence-electron chi connectivity index (χ0n) is 15.4. The van der Waals surface area contributed by atoms with Gasteiger partial charge in [-0.2, -0.15) is 0 Å². The van der Waals surface area contributed by atoms with Crippen LogP contribution in [0.3, 0.4) is 0 Å². The molecule has 1 aliphatic rings. The highest BCUT2D eigenvalue weighted by atomic mass is 32.1. The predicted molar refractivity (Wildman–Crippen MR) is 112 cm³/mol. The van der Waals surface area contributed by atoms with Gasteiger partial charge in [0.2, 0.25) is 5.91 Å². The fraction of sp³-hybridized carbons (Fsp3) is 0.300. The Morgan fingerprint density at radius 1 is 1.18 bits per heavy atom. The molecule has 1 saturated heterocycles. The molecule has 8 heteroatoms. The normalized spacial score (nSPS) is 16.8. The van der Waals surface area contributed by atoms with Crippen LogP contribution >= 0.6 is 22.7 Å². The Morgan fingerprint density at radius 3 is 2.82 bits per heavy atom. The Labute approximate surface area is 171 Å². The molecule has 0 saturated carbocycles. The van der Waals surface area contributed by atoms with Crippen molar-refractivity contribution in [1.82, 2.24) is 15.1 Å². The smallest absolute Gasteiger partial charge is 0.264 e. The maximum Gasteiger partial charge on any atom is 0.264 e.